The number of hydrogen-bond acceptors (Lipinski definition) is 1. The second-order valence-electron chi connectivity index (χ2n) is 12.5. The Morgan fingerprint density at radius 2 is 0.920 bits per heavy atom. The van der Waals surface area contributed by atoms with Gasteiger partial charge in [0.25, 0.3) is 0 Å². The number of hydrogen-bond donors (Lipinski definition) is 0. The molecule has 0 saturated heterocycles. The third-order valence-corrected chi connectivity index (χ3v) is 9.59. The maximum Gasteiger partial charge on any atom is 0.0562 e. The summed E-state index contributed by atoms with van der Waals surface area (Å²) in [7, 11) is 0. The molecule has 2 nitrogen and oxygen atoms in total. The minimum absolute atomic E-state index is 1.10. The van der Waals surface area contributed by atoms with E-state index in [2.05, 4.69) is 216 Å². The van der Waals surface area contributed by atoms with Crippen LogP contribution in [0.2, 0.25) is 0 Å². The highest BCUT2D eigenvalue weighted by atomic mass is 15.2. The SMILES string of the molecule is c1ccc(-c2ccc(N(c3ccccc3)c3cccc4c3c3ccccc3n4-c3ccccc3)c(-c3ccccc3-c3ccccc3)c2)cc1. The third kappa shape index (κ3) is 5.15. The van der Waals surface area contributed by atoms with Crippen molar-refractivity contribution in [2.24, 2.45) is 0 Å². The molecule has 8 aromatic carbocycles. The van der Waals surface area contributed by atoms with Crippen molar-refractivity contribution in [1.82, 2.24) is 4.57 Å². The van der Waals surface area contributed by atoms with Gasteiger partial charge in [0.2, 0.25) is 0 Å². The summed E-state index contributed by atoms with van der Waals surface area (Å²) < 4.78 is 2.39. The van der Waals surface area contributed by atoms with Gasteiger partial charge in [0.1, 0.15) is 0 Å². The van der Waals surface area contributed by atoms with E-state index in [1.807, 2.05) is 0 Å². The van der Waals surface area contributed by atoms with Gasteiger partial charge >= 0.3 is 0 Å². The molecule has 0 aliphatic rings. The minimum atomic E-state index is 1.10. The topological polar surface area (TPSA) is 8.17 Å². The summed E-state index contributed by atoms with van der Waals surface area (Å²) in [6, 6.07) is 74.1. The van der Waals surface area contributed by atoms with Crippen LogP contribution >= 0.6 is 0 Å². The minimum Gasteiger partial charge on any atom is -0.309 e. The average Bonchev–Trinajstić information content (AvgIpc) is 3.55. The van der Waals surface area contributed by atoms with Gasteiger partial charge in [-0.2, -0.15) is 0 Å². The molecule has 0 spiro atoms. The Morgan fingerprint density at radius 1 is 0.340 bits per heavy atom. The molecule has 1 heterocycles. The quantitative estimate of drug-likeness (QED) is 0.169. The molecule has 0 N–H and O–H groups in total. The van der Waals surface area contributed by atoms with Crippen molar-refractivity contribution in [2.45, 2.75) is 0 Å². The first-order chi connectivity index (χ1) is 24.8. The fourth-order valence-electron chi connectivity index (χ4n) is 7.37. The summed E-state index contributed by atoms with van der Waals surface area (Å²) in [5, 5.41) is 2.43. The molecule has 0 saturated carbocycles. The molecule has 9 aromatic rings. The van der Waals surface area contributed by atoms with Crippen molar-refractivity contribution >= 4 is 38.9 Å². The predicted molar refractivity (Wildman–Crippen MR) is 212 cm³/mol. The number of anilines is 3. The van der Waals surface area contributed by atoms with Crippen LogP contribution in [0.1, 0.15) is 0 Å². The Labute approximate surface area is 292 Å². The summed E-state index contributed by atoms with van der Waals surface area (Å²) >= 11 is 0. The first-order valence-corrected chi connectivity index (χ1v) is 17.1. The molecule has 9 rings (SSSR count). The van der Waals surface area contributed by atoms with E-state index in [9.17, 15) is 0 Å². The lowest BCUT2D eigenvalue weighted by Crippen LogP contribution is -2.12. The van der Waals surface area contributed by atoms with Crippen LogP contribution in [0.15, 0.2) is 206 Å². The van der Waals surface area contributed by atoms with Gasteiger partial charge in [-0.05, 0) is 82.4 Å². The second-order valence-corrected chi connectivity index (χ2v) is 12.5. The molecule has 0 fully saturated rings. The van der Waals surface area contributed by atoms with Crippen LogP contribution in [0.3, 0.4) is 0 Å². The molecule has 0 atom stereocenters. The van der Waals surface area contributed by atoms with Crippen molar-refractivity contribution in [3.63, 3.8) is 0 Å². The molecule has 50 heavy (non-hydrogen) atoms. The zero-order valence-corrected chi connectivity index (χ0v) is 27.5. The first kappa shape index (κ1) is 29.5. The van der Waals surface area contributed by atoms with Crippen molar-refractivity contribution < 1.29 is 0 Å². The van der Waals surface area contributed by atoms with E-state index < -0.39 is 0 Å². The highest BCUT2D eigenvalue weighted by molar-refractivity contribution is 6.17. The van der Waals surface area contributed by atoms with E-state index in [4.69, 9.17) is 0 Å². The highest BCUT2D eigenvalue weighted by Gasteiger charge is 2.24. The van der Waals surface area contributed by atoms with Crippen molar-refractivity contribution in [3.8, 4) is 39.1 Å². The fraction of sp³-hybridized carbons (Fsp3) is 0. The number of fused-ring (bicyclic) bond motifs is 3. The molecule has 1 aromatic heterocycles. The largest absolute Gasteiger partial charge is 0.309 e. The molecule has 0 radical (unpaired) electrons. The maximum absolute atomic E-state index is 2.45. The van der Waals surface area contributed by atoms with Gasteiger partial charge in [-0.25, -0.2) is 0 Å². The Morgan fingerprint density at radius 3 is 1.66 bits per heavy atom. The fourth-order valence-corrected chi connectivity index (χ4v) is 7.37. The summed E-state index contributed by atoms with van der Waals surface area (Å²) in [5.41, 5.74) is 14.0. The van der Waals surface area contributed by atoms with Gasteiger partial charge in [0.05, 0.1) is 22.4 Å². The van der Waals surface area contributed by atoms with E-state index in [1.54, 1.807) is 0 Å². The van der Waals surface area contributed by atoms with Crippen LogP contribution in [0.25, 0.3) is 60.9 Å². The Bertz CT molecular complexity index is 2570. The Balaban J connectivity index is 1.37. The van der Waals surface area contributed by atoms with Crippen LogP contribution in [0, 0.1) is 0 Å². The molecule has 0 aliphatic carbocycles. The van der Waals surface area contributed by atoms with Crippen LogP contribution in [-0.2, 0) is 0 Å². The first-order valence-electron chi connectivity index (χ1n) is 17.1. The number of nitrogens with zero attached hydrogens (tertiary/aromatic N) is 2. The average molecular weight is 639 g/mol. The van der Waals surface area contributed by atoms with E-state index >= 15 is 0 Å². The van der Waals surface area contributed by atoms with E-state index in [0.717, 1.165) is 22.7 Å². The summed E-state index contributed by atoms with van der Waals surface area (Å²) in [5.74, 6) is 0. The summed E-state index contributed by atoms with van der Waals surface area (Å²) in [6.45, 7) is 0. The van der Waals surface area contributed by atoms with Crippen LogP contribution in [0.4, 0.5) is 17.1 Å². The van der Waals surface area contributed by atoms with Crippen molar-refractivity contribution in [2.75, 3.05) is 4.90 Å². The zero-order valence-electron chi connectivity index (χ0n) is 27.5. The van der Waals surface area contributed by atoms with Gasteiger partial charge in [-0.15, -0.1) is 0 Å². The molecule has 2 heteroatoms. The van der Waals surface area contributed by atoms with Gasteiger partial charge in [0, 0.05) is 27.7 Å². The smallest absolute Gasteiger partial charge is 0.0562 e. The zero-order chi connectivity index (χ0) is 33.3. The molecule has 0 aliphatic heterocycles. The second kappa shape index (κ2) is 12.8. The number of para-hydroxylation sites is 3. The van der Waals surface area contributed by atoms with Crippen molar-refractivity contribution in [3.05, 3.63) is 206 Å². The van der Waals surface area contributed by atoms with Crippen molar-refractivity contribution in [1.29, 1.82) is 0 Å². The van der Waals surface area contributed by atoms with Crippen LogP contribution in [-0.4, -0.2) is 4.57 Å². The summed E-state index contributed by atoms with van der Waals surface area (Å²) in [6.07, 6.45) is 0. The van der Waals surface area contributed by atoms with E-state index in [-0.39, 0.29) is 0 Å². The molecular formula is C48H34N2. The van der Waals surface area contributed by atoms with Gasteiger partial charge in [-0.1, -0.05) is 152 Å². The van der Waals surface area contributed by atoms with Crippen LogP contribution in [0.5, 0.6) is 0 Å². The number of aromatic nitrogens is 1. The predicted octanol–water partition coefficient (Wildman–Crippen LogP) is 13.3. The third-order valence-electron chi connectivity index (χ3n) is 9.59. The Hall–Kier alpha value is -6.64. The summed E-state index contributed by atoms with van der Waals surface area (Å²) in [4.78, 5) is 2.45. The molecular weight excluding hydrogens is 605 g/mol. The standard InChI is InChI=1S/C48H34N2/c1-5-18-35(19-6-1)37-32-33-45(43(34-37)41-27-14-13-26-40(41)36-20-7-2-8-21-36)50(39-24-11-4-12-25-39)47-31-17-30-46-48(47)42-28-15-16-29-44(42)49(46)38-22-9-3-10-23-38/h1-34H. The van der Waals surface area contributed by atoms with E-state index in [0.29, 0.717) is 0 Å². The van der Waals surface area contributed by atoms with Gasteiger partial charge in [0.15, 0.2) is 0 Å². The van der Waals surface area contributed by atoms with Gasteiger partial charge < -0.3 is 9.47 Å². The molecule has 0 bridgehead atoms. The Kier molecular flexibility index (Phi) is 7.53. The lowest BCUT2D eigenvalue weighted by molar-refractivity contribution is 1.18. The normalized spacial score (nSPS) is 11.2. The monoisotopic (exact) mass is 638 g/mol. The molecule has 236 valence electrons. The lowest BCUT2D eigenvalue weighted by Gasteiger charge is -2.29. The maximum atomic E-state index is 2.45. The number of benzene rings is 8. The molecule has 0 amide bonds. The highest BCUT2D eigenvalue weighted by Crippen LogP contribution is 2.48. The lowest BCUT2D eigenvalue weighted by atomic mass is 9.90. The molecule has 0 unspecified atom stereocenters. The van der Waals surface area contributed by atoms with Gasteiger partial charge in [-0.3, -0.25) is 0 Å². The van der Waals surface area contributed by atoms with E-state index in [1.165, 1.54) is 55.2 Å². The number of rotatable bonds is 7. The van der Waals surface area contributed by atoms with Crippen LogP contribution < -0.4 is 4.90 Å².